The Bertz CT molecular complexity index is 784. The lowest BCUT2D eigenvalue weighted by molar-refractivity contribution is 1.38. The summed E-state index contributed by atoms with van der Waals surface area (Å²) in [6, 6.07) is 14.0. The lowest BCUT2D eigenvalue weighted by atomic mass is 10.1. The average molecular weight is 328 g/mol. The topological polar surface area (TPSA) is 50.9 Å². The Morgan fingerprint density at radius 2 is 1.90 bits per heavy atom. The average Bonchev–Trinajstić information content (AvgIpc) is 2.46. The first kappa shape index (κ1) is 12.9. The van der Waals surface area contributed by atoms with Crippen molar-refractivity contribution in [2.45, 2.75) is 6.92 Å². The van der Waals surface area contributed by atoms with Crippen LogP contribution in [0.1, 0.15) is 5.56 Å². The number of pyridine rings is 1. The molecule has 20 heavy (non-hydrogen) atoms. The molecule has 3 aromatic rings. The van der Waals surface area contributed by atoms with Gasteiger partial charge in [-0.15, -0.1) is 0 Å². The molecule has 0 fully saturated rings. The van der Waals surface area contributed by atoms with Gasteiger partial charge in [0.05, 0.1) is 23.1 Å². The van der Waals surface area contributed by atoms with E-state index in [1.54, 1.807) is 6.20 Å². The summed E-state index contributed by atoms with van der Waals surface area (Å²) in [6.45, 7) is 2.06. The van der Waals surface area contributed by atoms with Crippen molar-refractivity contribution in [2.75, 3.05) is 11.1 Å². The molecule has 3 N–H and O–H groups in total. The molecule has 3 nitrogen and oxygen atoms in total. The van der Waals surface area contributed by atoms with E-state index in [9.17, 15) is 0 Å². The maximum atomic E-state index is 6.09. The van der Waals surface area contributed by atoms with Crippen LogP contribution in [0.25, 0.3) is 10.9 Å². The van der Waals surface area contributed by atoms with Crippen LogP contribution in [-0.2, 0) is 0 Å². The van der Waals surface area contributed by atoms with Crippen LogP contribution in [0.4, 0.5) is 17.1 Å². The fraction of sp³-hybridized carbons (Fsp3) is 0.0625. The molecule has 3 rings (SSSR count). The normalized spacial score (nSPS) is 10.7. The Kier molecular flexibility index (Phi) is 3.32. The van der Waals surface area contributed by atoms with Crippen molar-refractivity contribution in [2.24, 2.45) is 0 Å². The molecule has 1 aromatic heterocycles. The summed E-state index contributed by atoms with van der Waals surface area (Å²) in [5, 5.41) is 4.45. The monoisotopic (exact) mass is 327 g/mol. The number of nitrogens with zero attached hydrogens (tertiary/aromatic N) is 1. The summed E-state index contributed by atoms with van der Waals surface area (Å²) >= 11 is 3.54. The lowest BCUT2D eigenvalue weighted by Crippen LogP contribution is -2.00. The first-order valence-corrected chi connectivity index (χ1v) is 7.11. The molecular formula is C16H14BrN3. The molecule has 0 saturated heterocycles. The minimum absolute atomic E-state index is 0.642. The molecule has 0 unspecified atom stereocenters. The molecule has 0 spiro atoms. The fourth-order valence-corrected chi connectivity index (χ4v) is 2.54. The second kappa shape index (κ2) is 5.13. The van der Waals surface area contributed by atoms with Crippen LogP contribution in [-0.4, -0.2) is 4.98 Å². The van der Waals surface area contributed by atoms with Gasteiger partial charge in [0.25, 0.3) is 0 Å². The lowest BCUT2D eigenvalue weighted by Gasteiger charge is -2.14. The van der Waals surface area contributed by atoms with Gasteiger partial charge in [-0.2, -0.15) is 0 Å². The molecule has 0 radical (unpaired) electrons. The van der Waals surface area contributed by atoms with Gasteiger partial charge in [-0.1, -0.05) is 40.2 Å². The summed E-state index contributed by atoms with van der Waals surface area (Å²) in [4.78, 5) is 4.35. The standard InChI is InChI=1S/C16H14BrN3/c1-10-12(17)6-4-8-14(10)20-16-11-5-2-3-7-15(11)19-9-13(16)18/h2-9H,18H2,1H3,(H,19,20). The van der Waals surface area contributed by atoms with Crippen molar-refractivity contribution in [3.8, 4) is 0 Å². The largest absolute Gasteiger partial charge is 0.396 e. The van der Waals surface area contributed by atoms with Gasteiger partial charge in [0.15, 0.2) is 0 Å². The van der Waals surface area contributed by atoms with E-state index in [2.05, 4.69) is 33.2 Å². The number of fused-ring (bicyclic) bond motifs is 1. The summed E-state index contributed by atoms with van der Waals surface area (Å²) < 4.78 is 1.07. The zero-order chi connectivity index (χ0) is 14.1. The molecule has 0 bridgehead atoms. The Morgan fingerprint density at radius 3 is 2.75 bits per heavy atom. The van der Waals surface area contributed by atoms with Crippen molar-refractivity contribution in [1.29, 1.82) is 0 Å². The molecule has 0 aliphatic carbocycles. The zero-order valence-corrected chi connectivity index (χ0v) is 12.6. The second-order valence-electron chi connectivity index (χ2n) is 4.64. The second-order valence-corrected chi connectivity index (χ2v) is 5.50. The molecule has 0 atom stereocenters. The van der Waals surface area contributed by atoms with Crippen molar-refractivity contribution in [3.63, 3.8) is 0 Å². The Hall–Kier alpha value is -2.07. The number of anilines is 3. The number of rotatable bonds is 2. The number of benzene rings is 2. The Morgan fingerprint density at radius 1 is 1.10 bits per heavy atom. The number of nitrogens with two attached hydrogens (primary N) is 1. The predicted molar refractivity (Wildman–Crippen MR) is 88.3 cm³/mol. The summed E-state index contributed by atoms with van der Waals surface area (Å²) in [5.41, 5.74) is 10.7. The van der Waals surface area contributed by atoms with E-state index in [1.807, 2.05) is 42.5 Å². The quantitative estimate of drug-likeness (QED) is 0.721. The highest BCUT2D eigenvalue weighted by Crippen LogP contribution is 2.33. The Labute approximate surface area is 126 Å². The molecule has 0 aliphatic rings. The van der Waals surface area contributed by atoms with Crippen molar-refractivity contribution < 1.29 is 0 Å². The Balaban J connectivity index is 2.15. The summed E-state index contributed by atoms with van der Waals surface area (Å²) in [7, 11) is 0. The summed E-state index contributed by atoms with van der Waals surface area (Å²) in [6.07, 6.45) is 1.69. The van der Waals surface area contributed by atoms with Crippen LogP contribution in [0.15, 0.2) is 53.1 Å². The highest BCUT2D eigenvalue weighted by Gasteiger charge is 2.08. The number of hydrogen-bond acceptors (Lipinski definition) is 3. The summed E-state index contributed by atoms with van der Waals surface area (Å²) in [5.74, 6) is 0. The van der Waals surface area contributed by atoms with E-state index >= 15 is 0 Å². The molecule has 4 heteroatoms. The van der Waals surface area contributed by atoms with Gasteiger partial charge in [-0.25, -0.2) is 0 Å². The maximum Gasteiger partial charge on any atom is 0.0746 e. The molecule has 100 valence electrons. The molecule has 0 aliphatic heterocycles. The minimum Gasteiger partial charge on any atom is -0.396 e. The number of para-hydroxylation sites is 1. The number of nitrogen functional groups attached to an aromatic ring is 1. The van der Waals surface area contributed by atoms with E-state index in [4.69, 9.17) is 5.73 Å². The van der Waals surface area contributed by atoms with Crippen LogP contribution in [0.5, 0.6) is 0 Å². The van der Waals surface area contributed by atoms with Gasteiger partial charge in [0.2, 0.25) is 0 Å². The van der Waals surface area contributed by atoms with Gasteiger partial charge >= 0.3 is 0 Å². The SMILES string of the molecule is Cc1c(Br)cccc1Nc1c(N)cnc2ccccc12. The van der Waals surface area contributed by atoms with Gasteiger partial charge in [-0.3, -0.25) is 4.98 Å². The molecular weight excluding hydrogens is 314 g/mol. The third-order valence-corrected chi connectivity index (χ3v) is 4.19. The van der Waals surface area contributed by atoms with E-state index in [0.29, 0.717) is 5.69 Å². The fourth-order valence-electron chi connectivity index (χ4n) is 2.17. The van der Waals surface area contributed by atoms with Gasteiger partial charge in [-0.05, 0) is 30.7 Å². The maximum absolute atomic E-state index is 6.09. The van der Waals surface area contributed by atoms with Crippen LogP contribution in [0.3, 0.4) is 0 Å². The minimum atomic E-state index is 0.642. The van der Waals surface area contributed by atoms with Crippen LogP contribution < -0.4 is 11.1 Å². The van der Waals surface area contributed by atoms with Gasteiger partial charge < -0.3 is 11.1 Å². The number of aromatic nitrogens is 1. The van der Waals surface area contributed by atoms with E-state index in [0.717, 1.165) is 32.3 Å². The van der Waals surface area contributed by atoms with Gasteiger partial charge in [0, 0.05) is 15.5 Å². The highest BCUT2D eigenvalue weighted by molar-refractivity contribution is 9.10. The van der Waals surface area contributed by atoms with Crippen LogP contribution in [0.2, 0.25) is 0 Å². The highest BCUT2D eigenvalue weighted by atomic mass is 79.9. The third kappa shape index (κ3) is 2.23. The van der Waals surface area contributed by atoms with Gasteiger partial charge in [0.1, 0.15) is 0 Å². The first-order chi connectivity index (χ1) is 9.66. The van der Waals surface area contributed by atoms with Crippen molar-refractivity contribution >= 4 is 43.9 Å². The van der Waals surface area contributed by atoms with Crippen LogP contribution >= 0.6 is 15.9 Å². The molecule has 2 aromatic carbocycles. The van der Waals surface area contributed by atoms with E-state index in [1.165, 1.54) is 0 Å². The van der Waals surface area contributed by atoms with Crippen LogP contribution in [0, 0.1) is 6.92 Å². The number of nitrogens with one attached hydrogen (secondary N) is 1. The van der Waals surface area contributed by atoms with Crippen molar-refractivity contribution in [1.82, 2.24) is 4.98 Å². The molecule has 1 heterocycles. The predicted octanol–water partition coefficient (Wildman–Crippen LogP) is 4.63. The number of halogens is 1. The number of hydrogen-bond donors (Lipinski definition) is 2. The third-order valence-electron chi connectivity index (χ3n) is 3.33. The smallest absolute Gasteiger partial charge is 0.0746 e. The van der Waals surface area contributed by atoms with Crippen molar-refractivity contribution in [3.05, 3.63) is 58.7 Å². The van der Waals surface area contributed by atoms with E-state index in [-0.39, 0.29) is 0 Å². The van der Waals surface area contributed by atoms with E-state index < -0.39 is 0 Å². The first-order valence-electron chi connectivity index (χ1n) is 6.32. The zero-order valence-electron chi connectivity index (χ0n) is 11.0. The molecule has 0 amide bonds. The molecule has 0 saturated carbocycles.